The van der Waals surface area contributed by atoms with Gasteiger partial charge in [-0.05, 0) is 31.2 Å². The van der Waals surface area contributed by atoms with Crippen molar-refractivity contribution in [1.29, 1.82) is 0 Å². The lowest BCUT2D eigenvalue weighted by atomic mass is 10.1. The van der Waals surface area contributed by atoms with Crippen molar-refractivity contribution in [3.05, 3.63) is 64.5 Å². The molecule has 0 spiro atoms. The quantitative estimate of drug-likeness (QED) is 0.489. The molecule has 0 saturated carbocycles. The fourth-order valence-electron chi connectivity index (χ4n) is 2.44. The fraction of sp³-hybridized carbons (Fsp3) is 0.0588. The third-order valence-electron chi connectivity index (χ3n) is 3.42. The summed E-state index contributed by atoms with van der Waals surface area (Å²) < 4.78 is 6.39. The van der Waals surface area contributed by atoms with Crippen molar-refractivity contribution in [2.24, 2.45) is 0 Å². The maximum absolute atomic E-state index is 11.8. The van der Waals surface area contributed by atoms with Crippen molar-refractivity contribution in [3.8, 4) is 10.6 Å². The van der Waals surface area contributed by atoms with Gasteiger partial charge in [0.25, 0.3) is 0 Å². The van der Waals surface area contributed by atoms with Crippen molar-refractivity contribution >= 4 is 32.5 Å². The Hall–Kier alpha value is -2.46. The van der Waals surface area contributed by atoms with Crippen molar-refractivity contribution in [3.63, 3.8) is 0 Å². The summed E-state index contributed by atoms with van der Waals surface area (Å²) in [5.41, 5.74) is 3.17. The van der Waals surface area contributed by atoms with Crippen LogP contribution in [-0.2, 0) is 0 Å². The Labute approximate surface area is 124 Å². The SMILES string of the molecule is Cc1ccc2oc(=O)cc(-c3nc4ccccc4s3)c2c1. The van der Waals surface area contributed by atoms with E-state index in [1.54, 1.807) is 11.3 Å². The number of hydrogen-bond donors (Lipinski definition) is 0. The standard InChI is InChI=1S/C17H11NO2S/c1-10-6-7-14-11(8-10)12(9-16(19)20-14)17-18-13-4-2-3-5-15(13)21-17/h2-9H,1H3. The van der Waals surface area contributed by atoms with Crippen LogP contribution in [0.3, 0.4) is 0 Å². The second-order valence-corrected chi connectivity index (χ2v) is 6.00. The molecule has 0 atom stereocenters. The van der Waals surface area contributed by atoms with E-state index in [0.29, 0.717) is 5.58 Å². The minimum atomic E-state index is -0.347. The van der Waals surface area contributed by atoms with E-state index in [1.165, 1.54) is 6.07 Å². The average molecular weight is 293 g/mol. The van der Waals surface area contributed by atoms with E-state index in [9.17, 15) is 4.79 Å². The zero-order valence-electron chi connectivity index (χ0n) is 11.3. The molecule has 0 unspecified atom stereocenters. The third-order valence-corrected chi connectivity index (χ3v) is 4.49. The number of rotatable bonds is 1. The first-order valence-corrected chi connectivity index (χ1v) is 7.43. The number of aryl methyl sites for hydroxylation is 1. The number of benzene rings is 2. The first-order valence-electron chi connectivity index (χ1n) is 6.61. The van der Waals surface area contributed by atoms with E-state index in [0.717, 1.165) is 31.7 Å². The summed E-state index contributed by atoms with van der Waals surface area (Å²) in [5.74, 6) is 0. The second kappa shape index (κ2) is 4.53. The Morgan fingerprint density at radius 2 is 1.95 bits per heavy atom. The summed E-state index contributed by atoms with van der Waals surface area (Å²) in [5, 5.41) is 1.77. The lowest BCUT2D eigenvalue weighted by Crippen LogP contribution is -1.98. The molecule has 4 aromatic rings. The van der Waals surface area contributed by atoms with Gasteiger partial charge in [0.05, 0.1) is 10.2 Å². The van der Waals surface area contributed by atoms with Crippen LogP contribution in [-0.4, -0.2) is 4.98 Å². The van der Waals surface area contributed by atoms with Gasteiger partial charge in [-0.15, -0.1) is 11.3 Å². The minimum Gasteiger partial charge on any atom is -0.423 e. The van der Waals surface area contributed by atoms with Crippen molar-refractivity contribution < 1.29 is 4.42 Å². The summed E-state index contributed by atoms with van der Waals surface area (Å²) in [4.78, 5) is 16.4. The zero-order chi connectivity index (χ0) is 14.4. The monoisotopic (exact) mass is 293 g/mol. The minimum absolute atomic E-state index is 0.347. The van der Waals surface area contributed by atoms with E-state index in [2.05, 4.69) is 4.98 Å². The first kappa shape index (κ1) is 12.3. The van der Waals surface area contributed by atoms with Gasteiger partial charge in [0.15, 0.2) is 0 Å². The molecule has 3 nitrogen and oxygen atoms in total. The van der Waals surface area contributed by atoms with Gasteiger partial charge in [0.1, 0.15) is 10.6 Å². The van der Waals surface area contributed by atoms with Crippen LogP contribution in [0.1, 0.15) is 5.56 Å². The molecule has 102 valence electrons. The molecule has 0 fully saturated rings. The summed E-state index contributed by atoms with van der Waals surface area (Å²) in [6.07, 6.45) is 0. The zero-order valence-corrected chi connectivity index (χ0v) is 12.1. The van der Waals surface area contributed by atoms with Crippen LogP contribution in [0.2, 0.25) is 0 Å². The van der Waals surface area contributed by atoms with Gasteiger partial charge in [0, 0.05) is 17.0 Å². The van der Waals surface area contributed by atoms with Crippen LogP contribution in [0.25, 0.3) is 31.8 Å². The lowest BCUT2D eigenvalue weighted by Gasteiger charge is -2.03. The van der Waals surface area contributed by atoms with Gasteiger partial charge in [-0.2, -0.15) is 0 Å². The Morgan fingerprint density at radius 3 is 2.81 bits per heavy atom. The Kier molecular flexibility index (Phi) is 2.65. The molecule has 4 rings (SSSR count). The van der Waals surface area contributed by atoms with Crippen LogP contribution in [0.4, 0.5) is 0 Å². The number of thiazole rings is 1. The Bertz CT molecular complexity index is 997. The van der Waals surface area contributed by atoms with Crippen LogP contribution < -0.4 is 5.63 Å². The van der Waals surface area contributed by atoms with Crippen LogP contribution in [0.15, 0.2) is 57.7 Å². The first-order chi connectivity index (χ1) is 10.2. The highest BCUT2D eigenvalue weighted by Gasteiger charge is 2.12. The predicted molar refractivity (Wildman–Crippen MR) is 85.8 cm³/mol. The molecule has 2 aromatic carbocycles. The van der Waals surface area contributed by atoms with Crippen molar-refractivity contribution in [2.45, 2.75) is 6.92 Å². The number of fused-ring (bicyclic) bond motifs is 2. The number of aromatic nitrogens is 1. The van der Waals surface area contributed by atoms with Gasteiger partial charge < -0.3 is 4.42 Å². The highest BCUT2D eigenvalue weighted by atomic mass is 32.1. The number of hydrogen-bond acceptors (Lipinski definition) is 4. The molecule has 0 amide bonds. The topological polar surface area (TPSA) is 43.1 Å². The van der Waals surface area contributed by atoms with Crippen LogP contribution in [0, 0.1) is 6.92 Å². The largest absolute Gasteiger partial charge is 0.423 e. The molecule has 0 N–H and O–H groups in total. The molecule has 4 heteroatoms. The highest BCUT2D eigenvalue weighted by molar-refractivity contribution is 7.21. The van der Waals surface area contributed by atoms with Gasteiger partial charge in [0.2, 0.25) is 0 Å². The molecular weight excluding hydrogens is 282 g/mol. The van der Waals surface area contributed by atoms with E-state index in [-0.39, 0.29) is 5.63 Å². The molecule has 0 aliphatic rings. The average Bonchev–Trinajstić information content (AvgIpc) is 2.90. The second-order valence-electron chi connectivity index (χ2n) is 4.97. The van der Waals surface area contributed by atoms with Crippen molar-refractivity contribution in [2.75, 3.05) is 0 Å². The van der Waals surface area contributed by atoms with Crippen molar-refractivity contribution in [1.82, 2.24) is 4.98 Å². The molecule has 0 saturated heterocycles. The molecule has 21 heavy (non-hydrogen) atoms. The van der Waals surface area contributed by atoms with E-state index in [1.807, 2.05) is 49.4 Å². The molecule has 0 aliphatic carbocycles. The molecular formula is C17H11NO2S. The van der Waals surface area contributed by atoms with E-state index < -0.39 is 0 Å². The molecule has 2 heterocycles. The summed E-state index contributed by atoms with van der Waals surface area (Å²) >= 11 is 1.59. The van der Waals surface area contributed by atoms with Gasteiger partial charge in [-0.25, -0.2) is 9.78 Å². The number of para-hydroxylation sites is 1. The molecule has 0 aliphatic heterocycles. The maximum atomic E-state index is 11.8. The van der Waals surface area contributed by atoms with Gasteiger partial charge in [-0.3, -0.25) is 0 Å². The number of nitrogens with zero attached hydrogens (tertiary/aromatic N) is 1. The highest BCUT2D eigenvalue weighted by Crippen LogP contribution is 2.33. The predicted octanol–water partition coefficient (Wildman–Crippen LogP) is 4.38. The van der Waals surface area contributed by atoms with Gasteiger partial charge in [-0.1, -0.05) is 23.8 Å². The summed E-state index contributed by atoms with van der Waals surface area (Å²) in [7, 11) is 0. The van der Waals surface area contributed by atoms with Crippen LogP contribution >= 0.6 is 11.3 Å². The van der Waals surface area contributed by atoms with E-state index >= 15 is 0 Å². The third kappa shape index (κ3) is 2.04. The fourth-order valence-corrected chi connectivity index (χ4v) is 3.44. The lowest BCUT2D eigenvalue weighted by molar-refractivity contribution is 0.561. The summed E-state index contributed by atoms with van der Waals surface area (Å²) in [6.45, 7) is 2.02. The molecule has 0 bridgehead atoms. The Morgan fingerprint density at radius 1 is 1.10 bits per heavy atom. The Balaban J connectivity index is 2.09. The molecule has 0 radical (unpaired) electrons. The normalized spacial score (nSPS) is 11.3. The van der Waals surface area contributed by atoms with Gasteiger partial charge >= 0.3 is 5.63 Å². The van der Waals surface area contributed by atoms with E-state index in [4.69, 9.17) is 4.42 Å². The molecule has 2 aromatic heterocycles. The summed E-state index contributed by atoms with van der Waals surface area (Å²) in [6, 6.07) is 15.3. The smallest absolute Gasteiger partial charge is 0.336 e. The van der Waals surface area contributed by atoms with Crippen LogP contribution in [0.5, 0.6) is 0 Å². The maximum Gasteiger partial charge on any atom is 0.336 e.